The van der Waals surface area contributed by atoms with Crippen LogP contribution in [0.1, 0.15) is 30.7 Å². The van der Waals surface area contributed by atoms with Gasteiger partial charge in [-0.2, -0.15) is 0 Å². The van der Waals surface area contributed by atoms with E-state index < -0.39 is 6.09 Å². The van der Waals surface area contributed by atoms with E-state index in [0.29, 0.717) is 25.0 Å². The van der Waals surface area contributed by atoms with Gasteiger partial charge in [0.15, 0.2) is 0 Å². The molecule has 4 nitrogen and oxygen atoms in total. The van der Waals surface area contributed by atoms with Gasteiger partial charge in [0.05, 0.1) is 0 Å². The molecule has 2 aliphatic heterocycles. The lowest BCUT2D eigenvalue weighted by molar-refractivity contribution is 0.135. The number of nitrogens with zero attached hydrogens (tertiary/aromatic N) is 2. The topological polar surface area (TPSA) is 43.8 Å². The van der Waals surface area contributed by atoms with E-state index in [1.54, 1.807) is 4.90 Å². The predicted octanol–water partition coefficient (Wildman–Crippen LogP) is 2.62. The minimum atomic E-state index is -0.772. The van der Waals surface area contributed by atoms with Crippen LogP contribution in [-0.4, -0.2) is 53.2 Å². The molecule has 0 aliphatic carbocycles. The first-order valence-electron chi connectivity index (χ1n) is 7.51. The number of likely N-dealkylation sites (tertiary alicyclic amines) is 2. The van der Waals surface area contributed by atoms with Crippen LogP contribution in [0.3, 0.4) is 0 Å². The molecule has 0 aromatic heterocycles. The Morgan fingerprint density at radius 2 is 1.75 bits per heavy atom. The maximum absolute atomic E-state index is 11.0. The molecule has 0 saturated carbocycles. The van der Waals surface area contributed by atoms with Crippen molar-refractivity contribution >= 4 is 6.09 Å². The second-order valence-electron chi connectivity index (χ2n) is 5.89. The van der Waals surface area contributed by atoms with Crippen molar-refractivity contribution in [2.45, 2.75) is 31.2 Å². The van der Waals surface area contributed by atoms with Gasteiger partial charge in [-0.05, 0) is 43.8 Å². The molecule has 0 bridgehead atoms. The van der Waals surface area contributed by atoms with Gasteiger partial charge in [-0.1, -0.05) is 30.3 Å². The quantitative estimate of drug-likeness (QED) is 0.901. The molecule has 1 N–H and O–H groups in total. The first-order chi connectivity index (χ1) is 9.74. The fourth-order valence-electron chi connectivity index (χ4n) is 3.54. The summed E-state index contributed by atoms with van der Waals surface area (Å²) >= 11 is 0. The molecule has 1 amide bonds. The van der Waals surface area contributed by atoms with Crippen molar-refractivity contribution in [1.29, 1.82) is 0 Å². The Morgan fingerprint density at radius 1 is 1.05 bits per heavy atom. The standard InChI is InChI=1S/C16H22N2O2/c19-16(20)18-11-8-15(12-18)17-9-6-14(7-10-17)13-4-2-1-3-5-13/h1-5,14-15H,6-12H2,(H,19,20). The number of amides is 1. The van der Waals surface area contributed by atoms with Crippen LogP contribution >= 0.6 is 0 Å². The molecule has 0 spiro atoms. The molecule has 2 fully saturated rings. The average molecular weight is 274 g/mol. The van der Waals surface area contributed by atoms with Crippen molar-refractivity contribution < 1.29 is 9.90 Å². The monoisotopic (exact) mass is 274 g/mol. The van der Waals surface area contributed by atoms with Crippen molar-refractivity contribution in [2.75, 3.05) is 26.2 Å². The van der Waals surface area contributed by atoms with Gasteiger partial charge >= 0.3 is 6.09 Å². The summed E-state index contributed by atoms with van der Waals surface area (Å²) in [5.41, 5.74) is 1.45. The van der Waals surface area contributed by atoms with Crippen LogP contribution < -0.4 is 0 Å². The van der Waals surface area contributed by atoms with Gasteiger partial charge in [-0.25, -0.2) is 4.79 Å². The van der Waals surface area contributed by atoms with Gasteiger partial charge in [-0.15, -0.1) is 0 Å². The summed E-state index contributed by atoms with van der Waals surface area (Å²) in [6.07, 6.45) is 2.59. The van der Waals surface area contributed by atoms with Crippen LogP contribution in [0.4, 0.5) is 4.79 Å². The molecule has 0 radical (unpaired) electrons. The fraction of sp³-hybridized carbons (Fsp3) is 0.562. The molecule has 1 atom stereocenters. The van der Waals surface area contributed by atoms with E-state index >= 15 is 0 Å². The molecule has 1 aromatic rings. The van der Waals surface area contributed by atoms with Crippen LogP contribution in [0.2, 0.25) is 0 Å². The number of rotatable bonds is 2. The lowest BCUT2D eigenvalue weighted by Gasteiger charge is -2.36. The molecule has 2 aliphatic rings. The Bertz CT molecular complexity index is 455. The number of hydrogen-bond donors (Lipinski definition) is 1. The van der Waals surface area contributed by atoms with Crippen LogP contribution in [-0.2, 0) is 0 Å². The van der Waals surface area contributed by atoms with Crippen LogP contribution in [0, 0.1) is 0 Å². The van der Waals surface area contributed by atoms with Crippen molar-refractivity contribution in [2.24, 2.45) is 0 Å². The highest BCUT2D eigenvalue weighted by atomic mass is 16.4. The van der Waals surface area contributed by atoms with Crippen LogP contribution in [0.15, 0.2) is 30.3 Å². The van der Waals surface area contributed by atoms with Gasteiger partial charge in [0.2, 0.25) is 0 Å². The highest BCUT2D eigenvalue weighted by Gasteiger charge is 2.32. The largest absolute Gasteiger partial charge is 0.465 e. The average Bonchev–Trinajstić information content (AvgIpc) is 2.98. The summed E-state index contributed by atoms with van der Waals surface area (Å²) in [4.78, 5) is 15.0. The third-order valence-electron chi connectivity index (χ3n) is 4.75. The summed E-state index contributed by atoms with van der Waals surface area (Å²) in [6, 6.07) is 11.2. The van der Waals surface area contributed by atoms with E-state index in [1.807, 2.05) is 0 Å². The number of carbonyl (C=O) groups is 1. The summed E-state index contributed by atoms with van der Waals surface area (Å²) in [5, 5.41) is 9.03. The van der Waals surface area contributed by atoms with Crippen LogP contribution in [0.25, 0.3) is 0 Å². The smallest absolute Gasteiger partial charge is 0.407 e. The third-order valence-corrected chi connectivity index (χ3v) is 4.75. The number of piperidine rings is 1. The summed E-state index contributed by atoms with van der Waals surface area (Å²) in [5.74, 6) is 0.671. The first-order valence-corrected chi connectivity index (χ1v) is 7.51. The molecule has 2 heterocycles. The zero-order chi connectivity index (χ0) is 13.9. The van der Waals surface area contributed by atoms with Gasteiger partial charge in [0, 0.05) is 19.1 Å². The predicted molar refractivity (Wildman–Crippen MR) is 78.0 cm³/mol. The lowest BCUT2D eigenvalue weighted by Crippen LogP contribution is -2.42. The fourth-order valence-corrected chi connectivity index (χ4v) is 3.54. The highest BCUT2D eigenvalue weighted by molar-refractivity contribution is 5.65. The molecule has 108 valence electrons. The van der Waals surface area contributed by atoms with Gasteiger partial charge < -0.3 is 10.0 Å². The Balaban J connectivity index is 1.53. The van der Waals surface area contributed by atoms with Gasteiger partial charge in [0.1, 0.15) is 0 Å². The van der Waals surface area contributed by atoms with Crippen molar-refractivity contribution in [3.8, 4) is 0 Å². The van der Waals surface area contributed by atoms with E-state index in [9.17, 15) is 4.79 Å². The highest BCUT2D eigenvalue weighted by Crippen LogP contribution is 2.30. The van der Waals surface area contributed by atoms with E-state index in [4.69, 9.17) is 5.11 Å². The maximum atomic E-state index is 11.0. The van der Waals surface area contributed by atoms with Crippen molar-refractivity contribution in [1.82, 2.24) is 9.80 Å². The second-order valence-corrected chi connectivity index (χ2v) is 5.89. The van der Waals surface area contributed by atoms with Gasteiger partial charge in [0.25, 0.3) is 0 Å². The lowest BCUT2D eigenvalue weighted by atomic mass is 9.89. The zero-order valence-electron chi connectivity index (χ0n) is 11.7. The SMILES string of the molecule is O=C(O)N1CCC(N2CCC(c3ccccc3)CC2)C1. The minimum Gasteiger partial charge on any atom is -0.465 e. The van der Waals surface area contributed by atoms with E-state index in [1.165, 1.54) is 18.4 Å². The van der Waals surface area contributed by atoms with E-state index in [2.05, 4.69) is 35.2 Å². The number of carboxylic acid groups (broad SMARTS) is 1. The Hall–Kier alpha value is -1.55. The molecular weight excluding hydrogens is 252 g/mol. The summed E-state index contributed by atoms with van der Waals surface area (Å²) in [6.45, 7) is 3.57. The zero-order valence-corrected chi connectivity index (χ0v) is 11.7. The summed E-state index contributed by atoms with van der Waals surface area (Å²) in [7, 11) is 0. The molecular formula is C16H22N2O2. The first kappa shape index (κ1) is 13.4. The van der Waals surface area contributed by atoms with Gasteiger partial charge in [-0.3, -0.25) is 4.90 Å². The molecule has 1 aromatic carbocycles. The minimum absolute atomic E-state index is 0.433. The third kappa shape index (κ3) is 2.80. The molecule has 20 heavy (non-hydrogen) atoms. The summed E-state index contributed by atoms with van der Waals surface area (Å²) < 4.78 is 0. The van der Waals surface area contributed by atoms with Crippen LogP contribution in [0.5, 0.6) is 0 Å². The molecule has 4 heteroatoms. The van der Waals surface area contributed by atoms with E-state index in [0.717, 1.165) is 19.5 Å². The Labute approximate surface area is 120 Å². The number of benzene rings is 1. The molecule has 3 rings (SSSR count). The van der Waals surface area contributed by atoms with E-state index in [-0.39, 0.29) is 0 Å². The normalized spacial score (nSPS) is 25.0. The maximum Gasteiger partial charge on any atom is 0.407 e. The Morgan fingerprint density at radius 3 is 2.35 bits per heavy atom. The Kier molecular flexibility index (Phi) is 3.92. The molecule has 1 unspecified atom stereocenters. The molecule has 2 saturated heterocycles. The van der Waals surface area contributed by atoms with Crippen molar-refractivity contribution in [3.05, 3.63) is 35.9 Å². The van der Waals surface area contributed by atoms with Crippen molar-refractivity contribution in [3.63, 3.8) is 0 Å². The second kappa shape index (κ2) is 5.83. The number of hydrogen-bond acceptors (Lipinski definition) is 2.